The highest BCUT2D eigenvalue weighted by molar-refractivity contribution is 5.85. The quantitative estimate of drug-likeness (QED) is 0.859. The number of methoxy groups -OCH3 is 1. The molecule has 0 spiro atoms. The molecule has 2 nitrogen and oxygen atoms in total. The van der Waals surface area contributed by atoms with E-state index in [0.29, 0.717) is 5.56 Å². The largest absolute Gasteiger partial charge is 0.494 e. The van der Waals surface area contributed by atoms with Gasteiger partial charge in [-0.2, -0.15) is 13.2 Å². The van der Waals surface area contributed by atoms with E-state index in [1.54, 1.807) is 0 Å². The second-order valence-corrected chi connectivity index (χ2v) is 3.65. The summed E-state index contributed by atoms with van der Waals surface area (Å²) in [5.41, 5.74) is 5.88. The van der Waals surface area contributed by atoms with Crippen LogP contribution in [0.5, 0.6) is 5.75 Å². The second kappa shape index (κ2) is 6.80. The van der Waals surface area contributed by atoms with Gasteiger partial charge in [-0.1, -0.05) is 6.07 Å². The minimum absolute atomic E-state index is 0. The van der Waals surface area contributed by atoms with Crippen molar-refractivity contribution in [3.8, 4) is 5.75 Å². The van der Waals surface area contributed by atoms with Crippen molar-refractivity contribution in [2.75, 3.05) is 7.11 Å². The molecule has 0 aliphatic heterocycles. The highest BCUT2D eigenvalue weighted by Gasteiger charge is 2.27. The number of halogens is 5. The van der Waals surface area contributed by atoms with Crippen LogP contribution in [0, 0.1) is 5.82 Å². The lowest BCUT2D eigenvalue weighted by Crippen LogP contribution is -2.16. The first kappa shape index (κ1) is 17.0. The molecule has 0 radical (unpaired) electrons. The van der Waals surface area contributed by atoms with Gasteiger partial charge in [-0.25, -0.2) is 4.39 Å². The summed E-state index contributed by atoms with van der Waals surface area (Å²) in [6, 6.07) is 3.07. The highest BCUT2D eigenvalue weighted by Crippen LogP contribution is 2.28. The Labute approximate surface area is 109 Å². The van der Waals surface area contributed by atoms with Gasteiger partial charge < -0.3 is 10.5 Å². The van der Waals surface area contributed by atoms with Crippen molar-refractivity contribution in [2.45, 2.75) is 25.1 Å². The predicted octanol–water partition coefficient (Wildman–Crippen LogP) is 3.60. The van der Waals surface area contributed by atoms with E-state index in [1.807, 2.05) is 0 Å². The van der Waals surface area contributed by atoms with Crippen LogP contribution in [0.2, 0.25) is 0 Å². The Kier molecular flexibility index (Phi) is 6.42. The van der Waals surface area contributed by atoms with Gasteiger partial charge in [0.2, 0.25) is 0 Å². The molecule has 18 heavy (non-hydrogen) atoms. The van der Waals surface area contributed by atoms with Crippen LogP contribution in [0.4, 0.5) is 17.6 Å². The van der Waals surface area contributed by atoms with Crippen LogP contribution in [-0.2, 0) is 0 Å². The van der Waals surface area contributed by atoms with Gasteiger partial charge in [-0.05, 0) is 24.1 Å². The maximum absolute atomic E-state index is 13.3. The zero-order chi connectivity index (χ0) is 13.1. The first-order valence-electron chi connectivity index (χ1n) is 4.99. The molecule has 0 aliphatic carbocycles. The van der Waals surface area contributed by atoms with Gasteiger partial charge in [-0.3, -0.25) is 0 Å². The molecule has 1 aromatic rings. The Bertz CT molecular complexity index is 384. The molecule has 1 aromatic carbocycles. The van der Waals surface area contributed by atoms with Crippen LogP contribution in [0.15, 0.2) is 18.2 Å². The van der Waals surface area contributed by atoms with Crippen molar-refractivity contribution in [2.24, 2.45) is 5.73 Å². The standard InChI is InChI=1S/C11H13F4NO.ClH/c1-17-10-3-2-7(6-8(10)12)9(16)4-5-11(13,14)15;/h2-3,6,9H,4-5,16H2,1H3;1H/t9-;/m0./s1. The van der Waals surface area contributed by atoms with E-state index >= 15 is 0 Å². The Balaban J connectivity index is 0.00000289. The van der Waals surface area contributed by atoms with E-state index in [-0.39, 0.29) is 24.6 Å². The molecule has 7 heteroatoms. The fourth-order valence-electron chi connectivity index (χ4n) is 1.40. The normalized spacial score (nSPS) is 12.8. The van der Waals surface area contributed by atoms with Crippen molar-refractivity contribution in [1.29, 1.82) is 0 Å². The lowest BCUT2D eigenvalue weighted by Gasteiger charge is -2.14. The van der Waals surface area contributed by atoms with Gasteiger partial charge in [-0.15, -0.1) is 12.4 Å². The molecule has 0 aromatic heterocycles. The third-order valence-electron chi connectivity index (χ3n) is 2.34. The molecule has 0 fully saturated rings. The molecule has 2 N–H and O–H groups in total. The van der Waals surface area contributed by atoms with Gasteiger partial charge in [0.25, 0.3) is 0 Å². The van der Waals surface area contributed by atoms with Gasteiger partial charge >= 0.3 is 6.18 Å². The number of rotatable bonds is 4. The highest BCUT2D eigenvalue weighted by atomic mass is 35.5. The van der Waals surface area contributed by atoms with E-state index in [9.17, 15) is 17.6 Å². The molecule has 0 saturated carbocycles. The van der Waals surface area contributed by atoms with Crippen LogP contribution < -0.4 is 10.5 Å². The third-order valence-corrected chi connectivity index (χ3v) is 2.34. The maximum atomic E-state index is 13.3. The second-order valence-electron chi connectivity index (χ2n) is 3.65. The molecule has 0 unspecified atom stereocenters. The molecular formula is C11H14ClF4NO. The van der Waals surface area contributed by atoms with Crippen molar-refractivity contribution in [1.82, 2.24) is 0 Å². The minimum atomic E-state index is -4.25. The summed E-state index contributed by atoms with van der Waals surface area (Å²) in [5, 5.41) is 0. The fourth-order valence-corrected chi connectivity index (χ4v) is 1.40. The summed E-state index contributed by atoms with van der Waals surface area (Å²) in [6.07, 6.45) is -5.50. The number of hydrogen-bond acceptors (Lipinski definition) is 2. The van der Waals surface area contributed by atoms with Crippen LogP contribution in [0.3, 0.4) is 0 Å². The molecule has 0 saturated heterocycles. The number of nitrogens with two attached hydrogens (primary N) is 1. The third kappa shape index (κ3) is 5.10. The SMILES string of the molecule is COc1ccc([C@@H](N)CCC(F)(F)F)cc1F.Cl. The molecule has 104 valence electrons. The average Bonchev–Trinajstić information content (AvgIpc) is 2.24. The molecule has 0 bridgehead atoms. The number of hydrogen-bond donors (Lipinski definition) is 1. The van der Waals surface area contributed by atoms with E-state index in [2.05, 4.69) is 0 Å². The van der Waals surface area contributed by atoms with Crippen molar-refractivity contribution in [3.05, 3.63) is 29.6 Å². The van der Waals surface area contributed by atoms with Gasteiger partial charge in [0, 0.05) is 12.5 Å². The number of ether oxygens (including phenoxy) is 1. The van der Waals surface area contributed by atoms with E-state index in [0.717, 1.165) is 6.07 Å². The topological polar surface area (TPSA) is 35.2 Å². The summed E-state index contributed by atoms with van der Waals surface area (Å²) in [4.78, 5) is 0. The Hall–Kier alpha value is -1.01. The monoisotopic (exact) mass is 287 g/mol. The summed E-state index contributed by atoms with van der Waals surface area (Å²) in [7, 11) is 1.31. The number of benzene rings is 1. The zero-order valence-electron chi connectivity index (χ0n) is 9.63. The van der Waals surface area contributed by atoms with Crippen LogP contribution >= 0.6 is 12.4 Å². The lowest BCUT2D eigenvalue weighted by atomic mass is 10.0. The molecule has 0 amide bonds. The minimum Gasteiger partial charge on any atom is -0.494 e. The van der Waals surface area contributed by atoms with E-state index < -0.39 is 24.5 Å². The van der Waals surface area contributed by atoms with Crippen molar-refractivity contribution < 1.29 is 22.3 Å². The van der Waals surface area contributed by atoms with Crippen LogP contribution in [0.1, 0.15) is 24.4 Å². The fraction of sp³-hybridized carbons (Fsp3) is 0.455. The van der Waals surface area contributed by atoms with E-state index in [1.165, 1.54) is 19.2 Å². The number of alkyl halides is 3. The molecule has 0 heterocycles. The van der Waals surface area contributed by atoms with E-state index in [4.69, 9.17) is 10.5 Å². The van der Waals surface area contributed by atoms with Crippen LogP contribution in [0.25, 0.3) is 0 Å². The Morgan fingerprint density at radius 3 is 2.39 bits per heavy atom. The molecule has 1 rings (SSSR count). The van der Waals surface area contributed by atoms with Crippen LogP contribution in [-0.4, -0.2) is 13.3 Å². The zero-order valence-corrected chi connectivity index (χ0v) is 10.4. The summed E-state index contributed by atoms with van der Waals surface area (Å²) >= 11 is 0. The Morgan fingerprint density at radius 2 is 1.94 bits per heavy atom. The first-order valence-corrected chi connectivity index (χ1v) is 4.99. The van der Waals surface area contributed by atoms with Crippen molar-refractivity contribution >= 4 is 12.4 Å². The first-order chi connectivity index (χ1) is 7.83. The average molecular weight is 288 g/mol. The molecule has 0 aliphatic rings. The predicted molar refractivity (Wildman–Crippen MR) is 62.4 cm³/mol. The van der Waals surface area contributed by atoms with Gasteiger partial charge in [0.15, 0.2) is 11.6 Å². The van der Waals surface area contributed by atoms with Crippen molar-refractivity contribution in [3.63, 3.8) is 0 Å². The maximum Gasteiger partial charge on any atom is 0.389 e. The summed E-state index contributed by atoms with van der Waals surface area (Å²) in [6.45, 7) is 0. The molecule has 1 atom stereocenters. The summed E-state index contributed by atoms with van der Waals surface area (Å²) < 4.78 is 53.9. The van der Waals surface area contributed by atoms with Gasteiger partial charge in [0.05, 0.1) is 7.11 Å². The van der Waals surface area contributed by atoms with Gasteiger partial charge in [0.1, 0.15) is 0 Å². The molecular weight excluding hydrogens is 274 g/mol. The summed E-state index contributed by atoms with van der Waals surface area (Å²) in [5.74, 6) is -0.593. The Morgan fingerprint density at radius 1 is 1.33 bits per heavy atom. The lowest BCUT2D eigenvalue weighted by molar-refractivity contribution is -0.136. The smallest absolute Gasteiger partial charge is 0.389 e.